The highest BCUT2D eigenvalue weighted by atomic mass is 19.4. The smallest absolute Gasteiger partial charge is 0.326 e. The van der Waals surface area contributed by atoms with Crippen LogP contribution in [0.5, 0.6) is 0 Å². The summed E-state index contributed by atoms with van der Waals surface area (Å²) >= 11 is 0. The molecule has 1 aromatic heterocycles. The summed E-state index contributed by atoms with van der Waals surface area (Å²) in [5.74, 6) is -0.350. The Hall–Kier alpha value is -2.48. The molecule has 2 unspecified atom stereocenters. The van der Waals surface area contributed by atoms with Crippen LogP contribution in [0, 0.1) is 0 Å². The van der Waals surface area contributed by atoms with Gasteiger partial charge >= 0.3 is 6.18 Å². The Balaban J connectivity index is 1.84. The van der Waals surface area contributed by atoms with Crippen LogP contribution in [0.25, 0.3) is 11.4 Å². The topological polar surface area (TPSA) is 72.1 Å². The highest BCUT2D eigenvalue weighted by molar-refractivity contribution is 5.94. The lowest BCUT2D eigenvalue weighted by atomic mass is 9.97. The molecule has 132 valence electrons. The van der Waals surface area contributed by atoms with Crippen LogP contribution in [0.15, 0.2) is 42.7 Å². The fourth-order valence-corrected chi connectivity index (χ4v) is 2.90. The van der Waals surface area contributed by atoms with Crippen LogP contribution in [0.3, 0.4) is 0 Å². The van der Waals surface area contributed by atoms with Crippen molar-refractivity contribution in [1.82, 2.24) is 14.9 Å². The number of hydrogen-bond donors (Lipinski definition) is 1. The molecule has 1 amide bonds. The van der Waals surface area contributed by atoms with Gasteiger partial charge in [-0.2, -0.15) is 13.2 Å². The predicted octanol–water partition coefficient (Wildman–Crippen LogP) is 2.64. The number of nitrogens with two attached hydrogens (primary N) is 1. The van der Waals surface area contributed by atoms with E-state index < -0.39 is 24.2 Å². The first-order chi connectivity index (χ1) is 11.9. The first-order valence-corrected chi connectivity index (χ1v) is 7.87. The highest BCUT2D eigenvalue weighted by Gasteiger charge is 2.47. The lowest BCUT2D eigenvalue weighted by Gasteiger charge is -2.39. The fraction of sp³-hybridized carbons (Fsp3) is 0.353. The van der Waals surface area contributed by atoms with Crippen molar-refractivity contribution >= 4 is 5.91 Å². The van der Waals surface area contributed by atoms with Gasteiger partial charge < -0.3 is 10.6 Å². The molecule has 0 saturated carbocycles. The van der Waals surface area contributed by atoms with Crippen LogP contribution in [-0.4, -0.2) is 45.6 Å². The van der Waals surface area contributed by atoms with Crippen LogP contribution in [0.4, 0.5) is 13.2 Å². The molecule has 0 aliphatic carbocycles. The number of hydrogen-bond acceptors (Lipinski definition) is 4. The molecule has 1 aromatic carbocycles. The number of amides is 1. The van der Waals surface area contributed by atoms with Crippen LogP contribution in [0.1, 0.15) is 23.2 Å². The van der Waals surface area contributed by atoms with Gasteiger partial charge in [0.15, 0.2) is 5.82 Å². The van der Waals surface area contributed by atoms with Gasteiger partial charge in [-0.1, -0.05) is 30.3 Å². The maximum absolute atomic E-state index is 13.2. The SMILES string of the molecule is NC1CCC(C(F)(F)F)N(C(=O)c2cnc(-c3ccccc3)nc2)C1. The van der Waals surface area contributed by atoms with Gasteiger partial charge in [-0.05, 0) is 12.8 Å². The van der Waals surface area contributed by atoms with Gasteiger partial charge in [-0.3, -0.25) is 4.79 Å². The molecule has 5 nitrogen and oxygen atoms in total. The minimum atomic E-state index is -4.49. The van der Waals surface area contributed by atoms with Crippen molar-refractivity contribution in [1.29, 1.82) is 0 Å². The van der Waals surface area contributed by atoms with Gasteiger partial charge in [-0.15, -0.1) is 0 Å². The minimum Gasteiger partial charge on any atom is -0.326 e. The Bertz CT molecular complexity index is 734. The van der Waals surface area contributed by atoms with Gasteiger partial charge in [0.05, 0.1) is 5.56 Å². The van der Waals surface area contributed by atoms with E-state index in [2.05, 4.69) is 9.97 Å². The summed E-state index contributed by atoms with van der Waals surface area (Å²) in [6.45, 7) is -0.135. The zero-order chi connectivity index (χ0) is 18.0. The molecule has 0 radical (unpaired) electrons. The normalized spacial score (nSPS) is 21.2. The molecule has 1 fully saturated rings. The van der Waals surface area contributed by atoms with Crippen LogP contribution >= 0.6 is 0 Å². The summed E-state index contributed by atoms with van der Waals surface area (Å²) in [6, 6.07) is 6.81. The number of carbonyl (C=O) groups is 1. The zero-order valence-corrected chi connectivity index (χ0v) is 13.3. The van der Waals surface area contributed by atoms with E-state index >= 15 is 0 Å². The fourth-order valence-electron chi connectivity index (χ4n) is 2.90. The lowest BCUT2D eigenvalue weighted by molar-refractivity contribution is -0.184. The van der Waals surface area contributed by atoms with Crippen molar-refractivity contribution in [2.75, 3.05) is 6.54 Å². The molecule has 1 aliphatic heterocycles. The first kappa shape index (κ1) is 17.3. The number of halogens is 3. The zero-order valence-electron chi connectivity index (χ0n) is 13.3. The summed E-state index contributed by atoms with van der Waals surface area (Å²) in [6.07, 6.45) is -1.94. The van der Waals surface area contributed by atoms with Gasteiger partial charge in [0.2, 0.25) is 0 Å². The molecule has 8 heteroatoms. The molecular formula is C17H17F3N4O. The van der Waals surface area contributed by atoms with E-state index in [1.807, 2.05) is 18.2 Å². The van der Waals surface area contributed by atoms with Crippen molar-refractivity contribution in [3.8, 4) is 11.4 Å². The second-order valence-electron chi connectivity index (χ2n) is 6.01. The molecule has 2 aromatic rings. The third-order valence-corrected chi connectivity index (χ3v) is 4.19. The van der Waals surface area contributed by atoms with Crippen molar-refractivity contribution in [2.24, 2.45) is 5.73 Å². The molecule has 3 rings (SSSR count). The van der Waals surface area contributed by atoms with Crippen molar-refractivity contribution in [2.45, 2.75) is 31.1 Å². The maximum Gasteiger partial charge on any atom is 0.408 e. The van der Waals surface area contributed by atoms with Crippen LogP contribution < -0.4 is 5.73 Å². The van der Waals surface area contributed by atoms with Crippen molar-refractivity contribution < 1.29 is 18.0 Å². The van der Waals surface area contributed by atoms with Gasteiger partial charge in [0, 0.05) is 30.5 Å². The molecule has 25 heavy (non-hydrogen) atoms. The molecule has 1 saturated heterocycles. The van der Waals surface area contributed by atoms with Crippen LogP contribution in [-0.2, 0) is 0 Å². The van der Waals surface area contributed by atoms with Crippen molar-refractivity contribution in [3.63, 3.8) is 0 Å². The van der Waals surface area contributed by atoms with Crippen molar-refractivity contribution in [3.05, 3.63) is 48.3 Å². The lowest BCUT2D eigenvalue weighted by Crippen LogP contribution is -2.56. The van der Waals surface area contributed by atoms with E-state index in [0.29, 0.717) is 5.82 Å². The monoisotopic (exact) mass is 350 g/mol. The summed E-state index contributed by atoms with van der Waals surface area (Å²) in [4.78, 5) is 21.5. The quantitative estimate of drug-likeness (QED) is 0.904. The van der Waals surface area contributed by atoms with Gasteiger partial charge in [0.25, 0.3) is 5.91 Å². The number of benzene rings is 1. The predicted molar refractivity (Wildman–Crippen MR) is 85.6 cm³/mol. The van der Waals surface area contributed by atoms with Gasteiger partial charge in [-0.25, -0.2) is 9.97 Å². The maximum atomic E-state index is 13.2. The molecule has 1 aliphatic rings. The third kappa shape index (κ3) is 3.79. The molecule has 0 spiro atoms. The Morgan fingerprint density at radius 3 is 2.36 bits per heavy atom. The molecular weight excluding hydrogens is 333 g/mol. The third-order valence-electron chi connectivity index (χ3n) is 4.19. The summed E-state index contributed by atoms with van der Waals surface area (Å²) in [5, 5.41) is 0. The average molecular weight is 350 g/mol. The second kappa shape index (κ2) is 6.79. The molecule has 0 bridgehead atoms. The van der Waals surface area contributed by atoms with E-state index in [0.717, 1.165) is 10.5 Å². The van der Waals surface area contributed by atoms with E-state index in [-0.39, 0.29) is 24.9 Å². The summed E-state index contributed by atoms with van der Waals surface area (Å²) in [5.41, 5.74) is 6.53. The number of nitrogens with zero attached hydrogens (tertiary/aromatic N) is 3. The summed E-state index contributed by atoms with van der Waals surface area (Å²) < 4.78 is 39.6. The Kier molecular flexibility index (Phi) is 4.71. The molecule has 2 atom stereocenters. The minimum absolute atomic E-state index is 0.0167. The Morgan fingerprint density at radius 2 is 1.76 bits per heavy atom. The van der Waals surface area contributed by atoms with Gasteiger partial charge in [0.1, 0.15) is 6.04 Å². The van der Waals surface area contributed by atoms with E-state index in [1.165, 1.54) is 12.4 Å². The molecule has 2 heterocycles. The van der Waals surface area contributed by atoms with E-state index in [9.17, 15) is 18.0 Å². The number of alkyl halides is 3. The van der Waals surface area contributed by atoms with Crippen LogP contribution in [0.2, 0.25) is 0 Å². The number of carbonyl (C=O) groups excluding carboxylic acids is 1. The highest BCUT2D eigenvalue weighted by Crippen LogP contribution is 2.32. The number of piperidine rings is 1. The Labute approximate surface area is 142 Å². The largest absolute Gasteiger partial charge is 0.408 e. The van der Waals surface area contributed by atoms with E-state index in [1.54, 1.807) is 12.1 Å². The molecule has 2 N–H and O–H groups in total. The first-order valence-electron chi connectivity index (χ1n) is 7.87. The number of rotatable bonds is 2. The standard InChI is InChI=1S/C17H17F3N4O/c18-17(19,20)14-7-6-13(21)10-24(14)16(25)12-8-22-15(23-9-12)11-4-2-1-3-5-11/h1-5,8-9,13-14H,6-7,10,21H2. The van der Waals surface area contributed by atoms with E-state index in [4.69, 9.17) is 5.73 Å². The number of likely N-dealkylation sites (tertiary alicyclic amines) is 1. The second-order valence-corrected chi connectivity index (χ2v) is 6.01. The average Bonchev–Trinajstić information content (AvgIpc) is 2.61. The Morgan fingerprint density at radius 1 is 1.12 bits per heavy atom. The number of aromatic nitrogens is 2. The summed E-state index contributed by atoms with van der Waals surface area (Å²) in [7, 11) is 0.